The van der Waals surface area contributed by atoms with Crippen molar-refractivity contribution >= 4 is 16.5 Å². The quantitative estimate of drug-likeness (QED) is 0.706. The van der Waals surface area contributed by atoms with Crippen LogP contribution in [0.4, 0.5) is 5.69 Å². The van der Waals surface area contributed by atoms with Gasteiger partial charge in [0.15, 0.2) is 0 Å². The van der Waals surface area contributed by atoms with Gasteiger partial charge in [0, 0.05) is 12.6 Å². The number of aryl methyl sites for hydroxylation is 1. The number of aromatic nitrogens is 2. The molecule has 2 aromatic carbocycles. The number of hydrogen-bond donors (Lipinski definition) is 1. The van der Waals surface area contributed by atoms with Crippen LogP contribution in [-0.4, -0.2) is 9.78 Å². The van der Waals surface area contributed by atoms with Crippen LogP contribution in [0.15, 0.2) is 42.5 Å². The van der Waals surface area contributed by atoms with Crippen LogP contribution >= 0.6 is 0 Å². The van der Waals surface area contributed by atoms with Crippen molar-refractivity contribution in [1.29, 1.82) is 0 Å². The third-order valence-corrected chi connectivity index (χ3v) is 3.40. The Kier molecular flexibility index (Phi) is 2.33. The van der Waals surface area contributed by atoms with Crippen molar-refractivity contribution in [3.63, 3.8) is 0 Å². The van der Waals surface area contributed by atoms with Crippen molar-refractivity contribution < 1.29 is 0 Å². The highest BCUT2D eigenvalue weighted by Gasteiger charge is 2.11. The molecule has 0 unspecified atom stereocenters. The summed E-state index contributed by atoms with van der Waals surface area (Å²) in [7, 11) is 1.91. The lowest BCUT2D eigenvalue weighted by Crippen LogP contribution is -1.93. The van der Waals surface area contributed by atoms with Crippen LogP contribution in [0.5, 0.6) is 0 Å². The third kappa shape index (κ3) is 1.56. The second kappa shape index (κ2) is 3.88. The summed E-state index contributed by atoms with van der Waals surface area (Å²) in [6.45, 7) is 1.98. The fraction of sp³-hybridized carbons (Fsp3) is 0.133. The molecule has 0 bridgehead atoms. The minimum Gasteiger partial charge on any atom is -0.395 e. The van der Waals surface area contributed by atoms with E-state index in [0.717, 1.165) is 22.6 Å². The molecule has 3 aromatic rings. The van der Waals surface area contributed by atoms with Gasteiger partial charge in [-0.15, -0.1) is 0 Å². The standard InChI is InChI=1S/C15H15N3/c1-10-14(16)15(17-18(10)2)13-8-7-11-5-3-4-6-12(11)9-13/h3-9H,16H2,1-2H3. The molecule has 0 atom stereocenters. The van der Waals surface area contributed by atoms with Gasteiger partial charge in [-0.25, -0.2) is 0 Å². The average Bonchev–Trinajstić information content (AvgIpc) is 2.66. The summed E-state index contributed by atoms with van der Waals surface area (Å²) >= 11 is 0. The van der Waals surface area contributed by atoms with Crippen LogP contribution in [0.1, 0.15) is 5.69 Å². The molecule has 0 aliphatic rings. The van der Waals surface area contributed by atoms with E-state index in [4.69, 9.17) is 5.73 Å². The van der Waals surface area contributed by atoms with Gasteiger partial charge < -0.3 is 5.73 Å². The van der Waals surface area contributed by atoms with Gasteiger partial charge in [-0.3, -0.25) is 4.68 Å². The SMILES string of the molecule is Cc1c(N)c(-c2ccc3ccccc3c2)nn1C. The highest BCUT2D eigenvalue weighted by Crippen LogP contribution is 2.29. The Morgan fingerprint density at radius 2 is 1.78 bits per heavy atom. The smallest absolute Gasteiger partial charge is 0.116 e. The summed E-state index contributed by atoms with van der Waals surface area (Å²) in [5.74, 6) is 0. The van der Waals surface area contributed by atoms with E-state index >= 15 is 0 Å². The Hall–Kier alpha value is -2.29. The molecule has 1 aromatic heterocycles. The largest absolute Gasteiger partial charge is 0.395 e. The van der Waals surface area contributed by atoms with Crippen LogP contribution in [0, 0.1) is 6.92 Å². The Morgan fingerprint density at radius 3 is 2.44 bits per heavy atom. The number of nitrogens with two attached hydrogens (primary N) is 1. The van der Waals surface area contributed by atoms with Crippen molar-refractivity contribution in [2.75, 3.05) is 5.73 Å². The predicted molar refractivity (Wildman–Crippen MR) is 75.3 cm³/mol. The number of fused-ring (bicyclic) bond motifs is 1. The molecule has 2 N–H and O–H groups in total. The summed E-state index contributed by atoms with van der Waals surface area (Å²) in [5, 5.41) is 6.91. The van der Waals surface area contributed by atoms with Crippen LogP contribution in [0.2, 0.25) is 0 Å². The van der Waals surface area contributed by atoms with Gasteiger partial charge in [0.25, 0.3) is 0 Å². The molecule has 0 saturated carbocycles. The van der Waals surface area contributed by atoms with Crippen LogP contribution in [-0.2, 0) is 7.05 Å². The Labute approximate surface area is 106 Å². The van der Waals surface area contributed by atoms with E-state index in [1.165, 1.54) is 10.8 Å². The molecule has 0 aliphatic carbocycles. The molecule has 1 heterocycles. The van der Waals surface area contributed by atoms with E-state index in [2.05, 4.69) is 35.4 Å². The molecule has 0 aliphatic heterocycles. The summed E-state index contributed by atoms with van der Waals surface area (Å²) < 4.78 is 1.82. The van der Waals surface area contributed by atoms with Crippen molar-refractivity contribution in [2.45, 2.75) is 6.92 Å². The number of benzene rings is 2. The van der Waals surface area contributed by atoms with Crippen molar-refractivity contribution in [3.05, 3.63) is 48.2 Å². The van der Waals surface area contributed by atoms with Gasteiger partial charge in [-0.1, -0.05) is 36.4 Å². The summed E-state index contributed by atoms with van der Waals surface area (Å²) in [5.41, 5.74) is 9.78. The Balaban J connectivity index is 2.22. The molecule has 0 spiro atoms. The fourth-order valence-electron chi connectivity index (χ4n) is 2.17. The summed E-state index contributed by atoms with van der Waals surface area (Å²) in [6, 6.07) is 14.6. The maximum Gasteiger partial charge on any atom is 0.116 e. The number of rotatable bonds is 1. The molecular formula is C15H15N3. The first-order valence-electron chi connectivity index (χ1n) is 5.95. The van der Waals surface area contributed by atoms with E-state index in [1.807, 2.05) is 30.8 Å². The topological polar surface area (TPSA) is 43.8 Å². The van der Waals surface area contributed by atoms with Gasteiger partial charge in [0.2, 0.25) is 0 Å². The van der Waals surface area contributed by atoms with Gasteiger partial charge >= 0.3 is 0 Å². The fourth-order valence-corrected chi connectivity index (χ4v) is 2.17. The lowest BCUT2D eigenvalue weighted by atomic mass is 10.0. The maximum atomic E-state index is 6.10. The minimum atomic E-state index is 0.757. The lowest BCUT2D eigenvalue weighted by Gasteiger charge is -2.02. The van der Waals surface area contributed by atoms with Gasteiger partial charge in [0.1, 0.15) is 5.69 Å². The molecule has 0 saturated heterocycles. The zero-order valence-corrected chi connectivity index (χ0v) is 10.5. The number of nitrogen functional groups attached to an aromatic ring is 1. The van der Waals surface area contributed by atoms with Crippen molar-refractivity contribution in [1.82, 2.24) is 9.78 Å². The number of hydrogen-bond acceptors (Lipinski definition) is 2. The molecule has 90 valence electrons. The van der Waals surface area contributed by atoms with Crippen molar-refractivity contribution in [2.24, 2.45) is 7.05 Å². The Morgan fingerprint density at radius 1 is 1.06 bits per heavy atom. The molecule has 0 fully saturated rings. The van der Waals surface area contributed by atoms with Crippen LogP contribution < -0.4 is 5.73 Å². The molecule has 0 amide bonds. The molecule has 0 radical (unpaired) electrons. The molecule has 3 nitrogen and oxygen atoms in total. The normalized spacial score (nSPS) is 11.0. The minimum absolute atomic E-state index is 0.757. The van der Waals surface area contributed by atoms with E-state index in [0.29, 0.717) is 0 Å². The highest BCUT2D eigenvalue weighted by atomic mass is 15.3. The van der Waals surface area contributed by atoms with Gasteiger partial charge in [-0.2, -0.15) is 5.10 Å². The van der Waals surface area contributed by atoms with E-state index in [1.54, 1.807) is 0 Å². The lowest BCUT2D eigenvalue weighted by molar-refractivity contribution is 0.743. The van der Waals surface area contributed by atoms with Gasteiger partial charge in [0.05, 0.1) is 11.4 Å². The maximum absolute atomic E-state index is 6.10. The summed E-state index contributed by atoms with van der Waals surface area (Å²) in [4.78, 5) is 0. The summed E-state index contributed by atoms with van der Waals surface area (Å²) in [6.07, 6.45) is 0. The van der Waals surface area contributed by atoms with E-state index < -0.39 is 0 Å². The molecule has 3 rings (SSSR count). The van der Waals surface area contributed by atoms with E-state index in [9.17, 15) is 0 Å². The number of anilines is 1. The highest BCUT2D eigenvalue weighted by molar-refractivity contribution is 5.88. The predicted octanol–water partition coefficient (Wildman–Crippen LogP) is 3.13. The second-order valence-corrected chi connectivity index (χ2v) is 4.53. The third-order valence-electron chi connectivity index (χ3n) is 3.40. The first kappa shape index (κ1) is 10.8. The first-order chi connectivity index (χ1) is 8.66. The van der Waals surface area contributed by atoms with Crippen LogP contribution in [0.3, 0.4) is 0 Å². The van der Waals surface area contributed by atoms with Gasteiger partial charge in [-0.05, 0) is 23.8 Å². The zero-order chi connectivity index (χ0) is 12.7. The average molecular weight is 237 g/mol. The van der Waals surface area contributed by atoms with E-state index in [-0.39, 0.29) is 0 Å². The zero-order valence-electron chi connectivity index (χ0n) is 10.5. The molecule has 3 heteroatoms. The molecular weight excluding hydrogens is 222 g/mol. The Bertz CT molecular complexity index is 726. The van der Waals surface area contributed by atoms with Crippen LogP contribution in [0.25, 0.3) is 22.0 Å². The first-order valence-corrected chi connectivity index (χ1v) is 5.95. The monoisotopic (exact) mass is 237 g/mol. The van der Waals surface area contributed by atoms with Crippen molar-refractivity contribution in [3.8, 4) is 11.3 Å². The number of nitrogens with zero attached hydrogens (tertiary/aromatic N) is 2. The molecule has 18 heavy (non-hydrogen) atoms. The second-order valence-electron chi connectivity index (χ2n) is 4.53.